The molecule has 0 aliphatic carbocycles. The minimum absolute atomic E-state index is 0.226. The van der Waals surface area contributed by atoms with Crippen LogP contribution in [-0.4, -0.2) is 29.7 Å². The second-order valence-electron chi connectivity index (χ2n) is 3.38. The van der Waals surface area contributed by atoms with Crippen molar-refractivity contribution in [3.8, 4) is 0 Å². The summed E-state index contributed by atoms with van der Waals surface area (Å²) in [7, 11) is 0. The Morgan fingerprint density at radius 2 is 2.25 bits per heavy atom. The fraction of sp³-hybridized carbons (Fsp3) is 0.778. The van der Waals surface area contributed by atoms with E-state index in [9.17, 15) is 5.11 Å². The van der Waals surface area contributed by atoms with Crippen molar-refractivity contribution < 1.29 is 14.6 Å². The molecule has 0 aromatic rings. The summed E-state index contributed by atoms with van der Waals surface area (Å²) in [5.41, 5.74) is 0. The molecular formula is C9H16O3. The highest BCUT2D eigenvalue weighted by Crippen LogP contribution is 2.24. The van der Waals surface area contributed by atoms with E-state index in [0.717, 1.165) is 0 Å². The predicted molar refractivity (Wildman–Crippen MR) is 45.7 cm³/mol. The van der Waals surface area contributed by atoms with Crippen molar-refractivity contribution in [2.45, 2.75) is 38.8 Å². The normalized spacial score (nSPS) is 31.2. The van der Waals surface area contributed by atoms with Gasteiger partial charge in [-0.1, -0.05) is 12.2 Å². The van der Waals surface area contributed by atoms with Crippen LogP contribution in [0.4, 0.5) is 0 Å². The molecule has 1 saturated heterocycles. The highest BCUT2D eigenvalue weighted by Gasteiger charge is 2.35. The highest BCUT2D eigenvalue weighted by molar-refractivity contribution is 4.92. The minimum atomic E-state index is -0.559. The molecule has 12 heavy (non-hydrogen) atoms. The summed E-state index contributed by atoms with van der Waals surface area (Å²) in [4.78, 5) is 0. The molecule has 1 rings (SSSR count). The lowest BCUT2D eigenvalue weighted by molar-refractivity contribution is -0.147. The van der Waals surface area contributed by atoms with Gasteiger partial charge in [-0.15, -0.1) is 0 Å². The summed E-state index contributed by atoms with van der Waals surface area (Å²) in [5, 5.41) is 9.49. The van der Waals surface area contributed by atoms with Crippen LogP contribution in [0, 0.1) is 0 Å². The molecule has 0 aromatic carbocycles. The van der Waals surface area contributed by atoms with E-state index in [4.69, 9.17) is 9.47 Å². The molecule has 1 aliphatic heterocycles. The van der Waals surface area contributed by atoms with Crippen LogP contribution in [0.1, 0.15) is 20.8 Å². The summed E-state index contributed by atoms with van der Waals surface area (Å²) in [6.45, 7) is 6.01. The monoisotopic (exact) mass is 172 g/mol. The number of hydrogen-bond acceptors (Lipinski definition) is 3. The summed E-state index contributed by atoms with van der Waals surface area (Å²) in [5.74, 6) is -0.548. The van der Waals surface area contributed by atoms with Crippen LogP contribution >= 0.6 is 0 Å². The van der Waals surface area contributed by atoms with Crippen LogP contribution < -0.4 is 0 Å². The van der Waals surface area contributed by atoms with Gasteiger partial charge < -0.3 is 14.6 Å². The molecule has 0 unspecified atom stereocenters. The summed E-state index contributed by atoms with van der Waals surface area (Å²) < 4.78 is 10.7. The fourth-order valence-corrected chi connectivity index (χ4v) is 1.20. The largest absolute Gasteiger partial charge is 0.386 e. The van der Waals surface area contributed by atoms with E-state index in [2.05, 4.69) is 0 Å². The van der Waals surface area contributed by atoms with Crippen molar-refractivity contribution in [3.63, 3.8) is 0 Å². The van der Waals surface area contributed by atoms with Gasteiger partial charge in [0.05, 0.1) is 6.61 Å². The van der Waals surface area contributed by atoms with Crippen LogP contribution in [0.2, 0.25) is 0 Å². The maximum Gasteiger partial charge on any atom is 0.163 e. The summed E-state index contributed by atoms with van der Waals surface area (Å²) in [6.07, 6.45) is 2.72. The van der Waals surface area contributed by atoms with Gasteiger partial charge in [-0.05, 0) is 20.8 Å². The number of aliphatic hydroxyl groups is 1. The molecule has 1 N–H and O–H groups in total. The molecule has 1 fully saturated rings. The topological polar surface area (TPSA) is 38.7 Å². The molecule has 70 valence electrons. The van der Waals surface area contributed by atoms with Crippen molar-refractivity contribution in [2.75, 3.05) is 6.61 Å². The molecule has 0 saturated carbocycles. The molecule has 0 amide bonds. The van der Waals surface area contributed by atoms with Crippen LogP contribution in [0.5, 0.6) is 0 Å². The van der Waals surface area contributed by atoms with Crippen LogP contribution in [0.3, 0.4) is 0 Å². The van der Waals surface area contributed by atoms with Gasteiger partial charge in [0.2, 0.25) is 0 Å². The fourth-order valence-electron chi connectivity index (χ4n) is 1.20. The lowest BCUT2D eigenvalue weighted by Gasteiger charge is -2.18. The second-order valence-corrected chi connectivity index (χ2v) is 3.38. The maximum atomic E-state index is 9.49. The number of rotatable bonds is 2. The van der Waals surface area contributed by atoms with E-state index in [-0.39, 0.29) is 6.10 Å². The highest BCUT2D eigenvalue weighted by atomic mass is 16.7. The van der Waals surface area contributed by atoms with E-state index < -0.39 is 11.9 Å². The first kappa shape index (κ1) is 9.71. The molecule has 3 nitrogen and oxygen atoms in total. The van der Waals surface area contributed by atoms with Gasteiger partial charge in [0.25, 0.3) is 0 Å². The van der Waals surface area contributed by atoms with Gasteiger partial charge in [0, 0.05) is 0 Å². The van der Waals surface area contributed by atoms with Crippen molar-refractivity contribution in [1.29, 1.82) is 0 Å². The Hall–Kier alpha value is -0.380. The first-order chi connectivity index (χ1) is 5.55. The SMILES string of the molecule is C/C=C\[C@@H](O)[C@H]1COC(C)(C)O1. The van der Waals surface area contributed by atoms with Gasteiger partial charge in [-0.25, -0.2) is 0 Å². The average Bonchev–Trinajstić information content (AvgIpc) is 2.31. The van der Waals surface area contributed by atoms with Crippen molar-refractivity contribution in [2.24, 2.45) is 0 Å². The lowest BCUT2D eigenvalue weighted by atomic mass is 10.2. The van der Waals surface area contributed by atoms with Crippen LogP contribution in [0.15, 0.2) is 12.2 Å². The number of hydrogen-bond donors (Lipinski definition) is 1. The smallest absolute Gasteiger partial charge is 0.163 e. The third-order valence-electron chi connectivity index (χ3n) is 1.80. The molecule has 0 bridgehead atoms. The molecule has 1 aliphatic rings. The van der Waals surface area contributed by atoms with Gasteiger partial charge in [0.1, 0.15) is 12.2 Å². The molecule has 0 spiro atoms. The molecule has 1 heterocycles. The lowest BCUT2D eigenvalue weighted by Crippen LogP contribution is -2.29. The Balaban J connectivity index is 2.46. The van der Waals surface area contributed by atoms with Gasteiger partial charge >= 0.3 is 0 Å². The minimum Gasteiger partial charge on any atom is -0.386 e. The average molecular weight is 172 g/mol. The Morgan fingerprint density at radius 1 is 1.58 bits per heavy atom. The molecule has 3 heteroatoms. The molecule has 2 atom stereocenters. The van der Waals surface area contributed by atoms with Crippen molar-refractivity contribution >= 4 is 0 Å². The summed E-state index contributed by atoms with van der Waals surface area (Å²) in [6, 6.07) is 0. The van der Waals surface area contributed by atoms with E-state index in [1.165, 1.54) is 0 Å². The quantitative estimate of drug-likeness (QED) is 0.633. The molecule has 0 aromatic heterocycles. The third-order valence-corrected chi connectivity index (χ3v) is 1.80. The van der Waals surface area contributed by atoms with E-state index >= 15 is 0 Å². The van der Waals surface area contributed by atoms with Gasteiger partial charge in [-0.2, -0.15) is 0 Å². The third kappa shape index (κ3) is 2.30. The number of aliphatic hydroxyl groups excluding tert-OH is 1. The Kier molecular flexibility index (Phi) is 2.88. The van der Waals surface area contributed by atoms with Crippen molar-refractivity contribution in [1.82, 2.24) is 0 Å². The zero-order valence-corrected chi connectivity index (χ0v) is 7.78. The van der Waals surface area contributed by atoms with E-state index in [0.29, 0.717) is 6.61 Å². The summed E-state index contributed by atoms with van der Waals surface area (Å²) >= 11 is 0. The Bertz CT molecular complexity index is 175. The number of ether oxygens (including phenoxy) is 2. The molecule has 0 radical (unpaired) electrons. The standard InChI is InChI=1S/C9H16O3/c1-4-5-7(10)8-6-11-9(2,3)12-8/h4-5,7-8,10H,6H2,1-3H3/b5-4-/t7-,8-/m1/s1. The first-order valence-electron chi connectivity index (χ1n) is 4.18. The van der Waals surface area contributed by atoms with E-state index in [1.807, 2.05) is 20.8 Å². The van der Waals surface area contributed by atoms with Crippen LogP contribution in [0.25, 0.3) is 0 Å². The zero-order chi connectivity index (χ0) is 9.19. The van der Waals surface area contributed by atoms with E-state index in [1.54, 1.807) is 12.2 Å². The van der Waals surface area contributed by atoms with Gasteiger partial charge in [-0.3, -0.25) is 0 Å². The van der Waals surface area contributed by atoms with Crippen molar-refractivity contribution in [3.05, 3.63) is 12.2 Å². The maximum absolute atomic E-state index is 9.49. The van der Waals surface area contributed by atoms with Crippen LogP contribution in [-0.2, 0) is 9.47 Å². The van der Waals surface area contributed by atoms with Gasteiger partial charge in [0.15, 0.2) is 5.79 Å². The first-order valence-corrected chi connectivity index (χ1v) is 4.18. The Morgan fingerprint density at radius 3 is 2.67 bits per heavy atom. The zero-order valence-electron chi connectivity index (χ0n) is 7.78. The molecular weight excluding hydrogens is 156 g/mol. The number of allylic oxidation sites excluding steroid dienone is 1. The second kappa shape index (κ2) is 3.56. The predicted octanol–water partition coefficient (Wildman–Crippen LogP) is 1.07. The Labute approximate surface area is 73.0 Å².